The molecule has 0 heterocycles. The molecule has 0 bridgehead atoms. The fraction of sp³-hybridized carbons (Fsp3) is 0.417. The van der Waals surface area contributed by atoms with Crippen molar-refractivity contribution in [2.24, 2.45) is 0 Å². The molecule has 0 aliphatic heterocycles. The molecule has 192 valence electrons. The summed E-state index contributed by atoms with van der Waals surface area (Å²) in [5.74, 6) is -4.00. The molecule has 0 radical (unpaired) electrons. The van der Waals surface area contributed by atoms with Gasteiger partial charge in [-0.3, -0.25) is 9.59 Å². The monoisotopic (exact) mass is 588 g/mol. The number of ketones is 1. The average molecular weight is 590 g/mol. The number of benzene rings is 2. The van der Waals surface area contributed by atoms with Crippen LogP contribution in [0, 0.1) is 23.3 Å². The molecule has 2 unspecified atom stereocenters. The highest BCUT2D eigenvalue weighted by Crippen LogP contribution is 2.38. The lowest BCUT2D eigenvalue weighted by atomic mass is 9.91. The molecule has 2 nitrogen and oxygen atoms in total. The van der Waals surface area contributed by atoms with E-state index in [9.17, 15) is 27.2 Å². The number of halogens is 8. The van der Waals surface area contributed by atoms with E-state index in [0.717, 1.165) is 31.4 Å². The van der Waals surface area contributed by atoms with Crippen LogP contribution in [0.2, 0.25) is 0 Å². The summed E-state index contributed by atoms with van der Waals surface area (Å²) in [5, 5.41) is -0.526. The van der Waals surface area contributed by atoms with Gasteiger partial charge in [0.25, 0.3) is 0 Å². The SMILES string of the molecule is CCCC(CC(=O)Cl)c1cccc(F)c1F.CCCC1CC(=O)c2ccc(F)c(F)c21.[Cl][Al]([Cl])[Cl]. The summed E-state index contributed by atoms with van der Waals surface area (Å²) in [6.45, 7) is 3.89. The van der Waals surface area contributed by atoms with E-state index in [2.05, 4.69) is 0 Å². The number of rotatable bonds is 7. The smallest absolute Gasteiger partial charge is 0.294 e. The first-order valence-electron chi connectivity index (χ1n) is 11.0. The topological polar surface area (TPSA) is 34.1 Å². The molecule has 3 rings (SSSR count). The van der Waals surface area contributed by atoms with Crippen LogP contribution in [0.3, 0.4) is 0 Å². The first-order chi connectivity index (χ1) is 16.4. The van der Waals surface area contributed by atoms with E-state index in [4.69, 9.17) is 41.7 Å². The van der Waals surface area contributed by atoms with Gasteiger partial charge in [0.2, 0.25) is 5.24 Å². The van der Waals surface area contributed by atoms with Crippen molar-refractivity contribution in [2.45, 2.75) is 64.2 Å². The van der Waals surface area contributed by atoms with Crippen LogP contribution >= 0.6 is 41.7 Å². The summed E-state index contributed by atoms with van der Waals surface area (Å²) in [6, 6.07) is 6.42. The zero-order valence-corrected chi connectivity index (χ0v) is 23.4. The van der Waals surface area contributed by atoms with Gasteiger partial charge in [-0.25, -0.2) is 47.7 Å². The van der Waals surface area contributed by atoms with Gasteiger partial charge in [-0.1, -0.05) is 38.8 Å². The number of hydrogen-bond donors (Lipinski definition) is 0. The van der Waals surface area contributed by atoms with Crippen LogP contribution in [0.4, 0.5) is 17.6 Å². The summed E-state index contributed by atoms with van der Waals surface area (Å²) in [6.07, 6.45) is 3.36. The maximum absolute atomic E-state index is 13.5. The zero-order valence-electron chi connectivity index (χ0n) is 19.2. The third kappa shape index (κ3) is 10.2. The summed E-state index contributed by atoms with van der Waals surface area (Å²) < 4.78 is 53.1. The molecule has 0 amide bonds. The van der Waals surface area contributed by atoms with E-state index in [1.54, 1.807) is 0 Å². The fourth-order valence-corrected chi connectivity index (χ4v) is 4.17. The maximum atomic E-state index is 13.5. The quantitative estimate of drug-likeness (QED) is 0.183. The Labute approximate surface area is 224 Å². The number of carbonyl (C=O) groups excluding carboxylic acids is 2. The molecular formula is C24H25AlCl4F4O2. The van der Waals surface area contributed by atoms with Crippen molar-refractivity contribution in [3.8, 4) is 0 Å². The van der Waals surface area contributed by atoms with Gasteiger partial charge in [0.15, 0.2) is 29.1 Å². The van der Waals surface area contributed by atoms with E-state index in [0.29, 0.717) is 24.0 Å². The van der Waals surface area contributed by atoms with Crippen molar-refractivity contribution in [3.63, 3.8) is 0 Å². The summed E-state index contributed by atoms with van der Waals surface area (Å²) in [4.78, 5) is 22.4. The third-order valence-electron chi connectivity index (χ3n) is 5.38. The molecule has 0 saturated heterocycles. The Hall–Kier alpha value is -0.808. The number of fused-ring (bicyclic) bond motifs is 1. The highest BCUT2D eigenvalue weighted by atomic mass is 35.8. The number of carbonyl (C=O) groups is 2. The molecule has 0 fully saturated rings. The average Bonchev–Trinajstić information content (AvgIpc) is 3.08. The number of Topliss-reactive ketones (excluding diaryl/α,β-unsaturated/α-hetero) is 1. The molecule has 35 heavy (non-hydrogen) atoms. The first kappa shape index (κ1) is 32.2. The molecule has 1 aliphatic carbocycles. The standard InChI is InChI=1S/C12H13ClF2O.C12H12F2O.Al.3ClH/c1-2-4-8(7-11(13)16)9-5-3-6-10(14)12(9)15;1-2-3-7-6-10(15)8-4-5-9(13)12(14)11(7)8;;;;/h3,5-6,8H,2,4,7H2,1H3;4-5,7H,2-3,6H2,1H3;;3*1H/q;;+3;;;/p-3. The van der Waals surface area contributed by atoms with E-state index >= 15 is 0 Å². The molecule has 0 saturated carbocycles. The first-order valence-corrected chi connectivity index (χ1v) is 16.6. The minimum atomic E-state index is -1.72. The molecule has 2 aromatic carbocycles. The van der Waals surface area contributed by atoms with Crippen molar-refractivity contribution in [1.82, 2.24) is 0 Å². The largest absolute Gasteiger partial charge is 0.643 e. The lowest BCUT2D eigenvalue weighted by molar-refractivity contribution is -0.112. The molecule has 0 spiro atoms. The van der Waals surface area contributed by atoms with Crippen molar-refractivity contribution in [1.29, 1.82) is 0 Å². The normalized spacial score (nSPS) is 14.8. The van der Waals surface area contributed by atoms with Crippen molar-refractivity contribution < 1.29 is 27.2 Å². The van der Waals surface area contributed by atoms with Crippen LogP contribution in [0.25, 0.3) is 0 Å². The Morgan fingerprint density at radius 1 is 1.00 bits per heavy atom. The van der Waals surface area contributed by atoms with Crippen LogP contribution in [-0.2, 0) is 4.79 Å². The Morgan fingerprint density at radius 3 is 2.14 bits per heavy atom. The predicted octanol–water partition coefficient (Wildman–Crippen LogP) is 9.13. The lowest BCUT2D eigenvalue weighted by Crippen LogP contribution is -2.06. The summed E-state index contributed by atoms with van der Waals surface area (Å²) >= 11 is 3.57. The van der Waals surface area contributed by atoms with Crippen LogP contribution in [0.5, 0.6) is 0 Å². The zero-order chi connectivity index (χ0) is 26.7. The molecule has 0 aromatic heterocycles. The van der Waals surface area contributed by atoms with Gasteiger partial charge >= 0.3 is 11.4 Å². The summed E-state index contributed by atoms with van der Waals surface area (Å²) in [7, 11) is 14.8. The highest BCUT2D eigenvalue weighted by Gasteiger charge is 2.32. The van der Waals surface area contributed by atoms with Gasteiger partial charge in [0.1, 0.15) is 0 Å². The molecule has 2 aromatic rings. The van der Waals surface area contributed by atoms with Gasteiger partial charge in [-0.05, 0) is 60.0 Å². The Kier molecular flexibility index (Phi) is 14.8. The Morgan fingerprint density at radius 2 is 1.60 bits per heavy atom. The van der Waals surface area contributed by atoms with Gasteiger partial charge in [-0.15, -0.1) is 0 Å². The fourth-order valence-electron chi connectivity index (χ4n) is 3.98. The van der Waals surface area contributed by atoms with Crippen LogP contribution in [0.15, 0.2) is 30.3 Å². The van der Waals surface area contributed by atoms with Crippen molar-refractivity contribution in [3.05, 3.63) is 70.3 Å². The lowest BCUT2D eigenvalue weighted by Gasteiger charge is -2.15. The molecule has 2 atom stereocenters. The third-order valence-corrected chi connectivity index (χ3v) is 5.53. The second-order valence-electron chi connectivity index (χ2n) is 7.87. The van der Waals surface area contributed by atoms with E-state index < -0.39 is 39.9 Å². The highest BCUT2D eigenvalue weighted by molar-refractivity contribution is 7.54. The minimum absolute atomic E-state index is 0.0375. The van der Waals surface area contributed by atoms with Crippen molar-refractivity contribution in [2.75, 3.05) is 0 Å². The van der Waals surface area contributed by atoms with Gasteiger partial charge in [0, 0.05) is 24.0 Å². The second-order valence-corrected chi connectivity index (χ2v) is 14.7. The predicted molar refractivity (Wildman–Crippen MR) is 136 cm³/mol. The van der Waals surface area contributed by atoms with E-state index in [1.165, 1.54) is 18.2 Å². The Balaban J connectivity index is 0.000000304. The van der Waals surface area contributed by atoms with Crippen LogP contribution < -0.4 is 0 Å². The molecule has 11 heteroatoms. The molecule has 1 aliphatic rings. The number of hydrogen-bond acceptors (Lipinski definition) is 2. The van der Waals surface area contributed by atoms with E-state index in [1.807, 2.05) is 13.8 Å². The van der Waals surface area contributed by atoms with Crippen molar-refractivity contribution >= 4 is 64.2 Å². The maximum Gasteiger partial charge on any atom is 0.643 e. The van der Waals surface area contributed by atoms with Crippen LogP contribution in [-0.4, -0.2) is 22.4 Å². The second kappa shape index (κ2) is 16.1. The van der Waals surface area contributed by atoms with Crippen LogP contribution in [0.1, 0.15) is 85.7 Å². The summed E-state index contributed by atoms with van der Waals surface area (Å²) in [5.41, 5.74) is 0.894. The molecule has 0 N–H and O–H groups in total. The van der Waals surface area contributed by atoms with E-state index in [-0.39, 0.29) is 29.6 Å². The Bertz CT molecular complexity index is 1000. The van der Waals surface area contributed by atoms with Gasteiger partial charge in [-0.2, -0.15) is 0 Å². The molecular weight excluding hydrogens is 565 g/mol. The minimum Gasteiger partial charge on any atom is -0.294 e. The van der Waals surface area contributed by atoms with Gasteiger partial charge in [0.05, 0.1) is 0 Å². The van der Waals surface area contributed by atoms with Gasteiger partial charge < -0.3 is 0 Å².